The van der Waals surface area contributed by atoms with Gasteiger partial charge < -0.3 is 0 Å². The third kappa shape index (κ3) is 1.68. The first-order valence-electron chi connectivity index (χ1n) is 3.15. The number of hydrogen-bond donors (Lipinski definition) is 2. The van der Waals surface area contributed by atoms with Gasteiger partial charge in [-0.1, -0.05) is 0 Å². The van der Waals surface area contributed by atoms with Gasteiger partial charge in [0, 0.05) is 0 Å². The summed E-state index contributed by atoms with van der Waals surface area (Å²) in [6, 6.07) is 0. The molecule has 1 aliphatic rings. The molecular formula is C6H12O2Se. The Morgan fingerprint density at radius 3 is 2.44 bits per heavy atom. The van der Waals surface area contributed by atoms with Gasteiger partial charge in [0.15, 0.2) is 0 Å². The van der Waals surface area contributed by atoms with Crippen LogP contribution in [0.4, 0.5) is 0 Å². The van der Waals surface area contributed by atoms with Gasteiger partial charge in [0.25, 0.3) is 0 Å². The summed E-state index contributed by atoms with van der Waals surface area (Å²) in [7, 11) is 0. The molecule has 0 spiro atoms. The van der Waals surface area contributed by atoms with Gasteiger partial charge >= 0.3 is 60.9 Å². The number of aliphatic hydroxyl groups is 2. The molecule has 0 aromatic heterocycles. The summed E-state index contributed by atoms with van der Waals surface area (Å²) in [5.74, 6) is 0.314. The van der Waals surface area contributed by atoms with E-state index in [-0.39, 0.29) is 0 Å². The Labute approximate surface area is 61.4 Å². The molecule has 1 fully saturated rings. The van der Waals surface area contributed by atoms with Gasteiger partial charge in [-0.3, -0.25) is 0 Å². The second-order valence-electron chi connectivity index (χ2n) is 2.57. The summed E-state index contributed by atoms with van der Waals surface area (Å²) in [4.78, 5) is 0. The van der Waals surface area contributed by atoms with Crippen LogP contribution in [0, 0.1) is 5.92 Å². The van der Waals surface area contributed by atoms with E-state index in [1.165, 1.54) is 0 Å². The van der Waals surface area contributed by atoms with Gasteiger partial charge in [-0.05, 0) is 0 Å². The van der Waals surface area contributed by atoms with Crippen LogP contribution < -0.4 is 0 Å². The van der Waals surface area contributed by atoms with E-state index < -0.39 is 12.2 Å². The quantitative estimate of drug-likeness (QED) is 0.530. The van der Waals surface area contributed by atoms with E-state index in [2.05, 4.69) is 0 Å². The van der Waals surface area contributed by atoms with Crippen molar-refractivity contribution in [2.24, 2.45) is 5.92 Å². The second kappa shape index (κ2) is 3.02. The van der Waals surface area contributed by atoms with Crippen LogP contribution in [0.2, 0.25) is 10.6 Å². The summed E-state index contributed by atoms with van der Waals surface area (Å²) in [5.41, 5.74) is 0. The summed E-state index contributed by atoms with van der Waals surface area (Å²) >= 11 is 0.568. The van der Waals surface area contributed by atoms with Crippen molar-refractivity contribution in [1.82, 2.24) is 0 Å². The van der Waals surface area contributed by atoms with Crippen molar-refractivity contribution < 1.29 is 10.2 Å². The number of hydrogen-bond acceptors (Lipinski definition) is 2. The zero-order valence-electron chi connectivity index (χ0n) is 5.45. The van der Waals surface area contributed by atoms with Gasteiger partial charge in [0.05, 0.1) is 0 Å². The summed E-state index contributed by atoms with van der Waals surface area (Å²) in [5, 5.41) is 20.3. The Hall–Kier alpha value is 0.439. The van der Waals surface area contributed by atoms with Crippen LogP contribution >= 0.6 is 0 Å². The minimum atomic E-state index is -0.458. The molecule has 0 bridgehead atoms. The fourth-order valence-electron chi connectivity index (χ4n) is 0.951. The van der Waals surface area contributed by atoms with Crippen LogP contribution in [-0.4, -0.2) is 37.4 Å². The third-order valence-electron chi connectivity index (χ3n) is 1.65. The molecule has 0 aromatic rings. The van der Waals surface area contributed by atoms with Crippen LogP contribution in [-0.2, 0) is 0 Å². The van der Waals surface area contributed by atoms with Crippen molar-refractivity contribution in [2.75, 3.05) is 0 Å². The molecule has 9 heavy (non-hydrogen) atoms. The molecule has 1 saturated heterocycles. The summed E-state index contributed by atoms with van der Waals surface area (Å²) < 4.78 is 0. The molecule has 0 saturated carbocycles. The normalized spacial score (nSPS) is 45.0. The molecule has 0 aromatic carbocycles. The fraction of sp³-hybridized carbons (Fsp3) is 1.00. The van der Waals surface area contributed by atoms with Gasteiger partial charge in [0.1, 0.15) is 0 Å². The first-order chi connectivity index (χ1) is 4.22. The molecule has 2 N–H and O–H groups in total. The van der Waals surface area contributed by atoms with Crippen molar-refractivity contribution in [1.29, 1.82) is 0 Å². The van der Waals surface area contributed by atoms with Crippen LogP contribution in [0.3, 0.4) is 0 Å². The van der Waals surface area contributed by atoms with E-state index in [1.54, 1.807) is 0 Å². The van der Waals surface area contributed by atoms with E-state index in [4.69, 9.17) is 5.11 Å². The molecule has 0 unspecified atom stereocenters. The topological polar surface area (TPSA) is 40.5 Å². The maximum absolute atomic E-state index is 9.21. The molecule has 0 radical (unpaired) electrons. The number of aliphatic hydroxyl groups excluding tert-OH is 2. The van der Waals surface area contributed by atoms with E-state index in [9.17, 15) is 5.11 Å². The summed E-state index contributed by atoms with van der Waals surface area (Å²) in [6.07, 6.45) is -0.894. The van der Waals surface area contributed by atoms with Crippen molar-refractivity contribution >= 4 is 15.0 Å². The minimum absolute atomic E-state index is 0.314. The molecule has 1 heterocycles. The van der Waals surface area contributed by atoms with Gasteiger partial charge in [0.2, 0.25) is 0 Å². The first-order valence-corrected chi connectivity index (χ1v) is 5.58. The average molecular weight is 195 g/mol. The summed E-state index contributed by atoms with van der Waals surface area (Å²) in [6.45, 7) is 1.99. The van der Waals surface area contributed by atoms with E-state index in [1.807, 2.05) is 6.92 Å². The predicted molar refractivity (Wildman–Crippen MR) is 36.5 cm³/mol. The fourth-order valence-corrected chi connectivity index (χ4v) is 3.35. The molecule has 1 aliphatic heterocycles. The Morgan fingerprint density at radius 2 is 2.00 bits per heavy atom. The van der Waals surface area contributed by atoms with Crippen molar-refractivity contribution in [3.63, 3.8) is 0 Å². The van der Waals surface area contributed by atoms with Crippen molar-refractivity contribution in [3.05, 3.63) is 0 Å². The van der Waals surface area contributed by atoms with E-state index in [0.29, 0.717) is 20.9 Å². The Kier molecular flexibility index (Phi) is 2.53. The van der Waals surface area contributed by atoms with E-state index >= 15 is 0 Å². The Bertz CT molecular complexity index is 87.1. The van der Waals surface area contributed by atoms with Crippen LogP contribution in [0.5, 0.6) is 0 Å². The van der Waals surface area contributed by atoms with Crippen LogP contribution in [0.15, 0.2) is 0 Å². The van der Waals surface area contributed by atoms with Crippen LogP contribution in [0.25, 0.3) is 0 Å². The SMILES string of the molecule is C[C@@H]1C[Se]C[C@H](O)[C@@H]1O. The molecular weight excluding hydrogens is 183 g/mol. The monoisotopic (exact) mass is 196 g/mol. The first kappa shape index (κ1) is 7.55. The van der Waals surface area contributed by atoms with Crippen molar-refractivity contribution in [3.8, 4) is 0 Å². The molecule has 1 rings (SSSR count). The zero-order valence-corrected chi connectivity index (χ0v) is 7.16. The second-order valence-corrected chi connectivity index (χ2v) is 4.83. The van der Waals surface area contributed by atoms with Crippen molar-refractivity contribution in [2.45, 2.75) is 29.8 Å². The zero-order chi connectivity index (χ0) is 6.85. The Balaban J connectivity index is 2.41. The predicted octanol–water partition coefficient (Wildman–Crippen LogP) is -0.101. The number of rotatable bonds is 0. The molecule has 0 aliphatic carbocycles. The molecule has 2 nitrogen and oxygen atoms in total. The molecule has 54 valence electrons. The standard InChI is InChI=1S/C6H12O2Se/c1-4-2-9-3-5(7)6(4)8/h4-8H,2-3H2,1H3/t4-,5+,6-/m1/s1. The molecule has 0 amide bonds. The molecule has 3 atom stereocenters. The third-order valence-corrected chi connectivity index (χ3v) is 4.46. The Morgan fingerprint density at radius 1 is 1.33 bits per heavy atom. The van der Waals surface area contributed by atoms with Gasteiger partial charge in [-0.2, -0.15) is 0 Å². The molecule has 3 heteroatoms. The maximum atomic E-state index is 9.21. The average Bonchev–Trinajstić information content (AvgIpc) is 1.83. The van der Waals surface area contributed by atoms with Gasteiger partial charge in [-0.15, -0.1) is 0 Å². The van der Waals surface area contributed by atoms with Gasteiger partial charge in [-0.25, -0.2) is 0 Å². The van der Waals surface area contributed by atoms with Crippen LogP contribution in [0.1, 0.15) is 6.92 Å². The van der Waals surface area contributed by atoms with E-state index in [0.717, 1.165) is 10.6 Å².